The monoisotopic (exact) mass is 372 g/mol. The first-order valence-electron chi connectivity index (χ1n) is 6.05. The van der Waals surface area contributed by atoms with Crippen LogP contribution in [0.5, 0.6) is 0 Å². The average Bonchev–Trinajstić information content (AvgIpc) is 2.80. The van der Waals surface area contributed by atoms with Crippen LogP contribution >= 0.6 is 38.9 Å². The van der Waals surface area contributed by atoms with Gasteiger partial charge in [0.2, 0.25) is 5.91 Å². The van der Waals surface area contributed by atoms with Crippen LogP contribution in [0.4, 0.5) is 5.69 Å². The van der Waals surface area contributed by atoms with Crippen LogP contribution in [0.3, 0.4) is 0 Å². The Balaban J connectivity index is 1.82. The van der Waals surface area contributed by atoms with Gasteiger partial charge < -0.3 is 10.6 Å². The number of amides is 1. The van der Waals surface area contributed by atoms with E-state index in [0.717, 1.165) is 15.0 Å². The van der Waals surface area contributed by atoms with Gasteiger partial charge in [0.15, 0.2) is 0 Å². The summed E-state index contributed by atoms with van der Waals surface area (Å²) < 4.78 is 1.09. The summed E-state index contributed by atoms with van der Waals surface area (Å²) in [5, 5.41) is 6.58. The molecule has 0 radical (unpaired) electrons. The molecular weight excluding hydrogens is 360 g/mol. The zero-order chi connectivity index (χ0) is 14.5. The van der Waals surface area contributed by atoms with Gasteiger partial charge in [-0.2, -0.15) is 0 Å². The van der Waals surface area contributed by atoms with E-state index in [9.17, 15) is 4.79 Å². The Labute approximate surface area is 135 Å². The quantitative estimate of drug-likeness (QED) is 0.824. The normalized spacial score (nSPS) is 10.6. The Morgan fingerprint density at radius 1 is 1.35 bits per heavy atom. The zero-order valence-electron chi connectivity index (χ0n) is 10.9. The van der Waals surface area contributed by atoms with Gasteiger partial charge in [-0.05, 0) is 52.7 Å². The van der Waals surface area contributed by atoms with E-state index in [4.69, 9.17) is 11.6 Å². The highest BCUT2D eigenvalue weighted by atomic mass is 79.9. The Hall–Kier alpha value is -0.880. The number of hydrogen-bond donors (Lipinski definition) is 2. The van der Waals surface area contributed by atoms with Gasteiger partial charge in [0, 0.05) is 22.1 Å². The van der Waals surface area contributed by atoms with Crippen LogP contribution in [-0.4, -0.2) is 12.5 Å². The number of thiophene rings is 1. The molecule has 0 unspecified atom stereocenters. The largest absolute Gasteiger partial charge is 0.325 e. The van der Waals surface area contributed by atoms with Crippen molar-refractivity contribution in [2.45, 2.75) is 13.5 Å². The summed E-state index contributed by atoms with van der Waals surface area (Å²) in [5.74, 6) is -0.0778. The first kappa shape index (κ1) is 15.5. The Bertz CT molecular complexity index is 615. The highest BCUT2D eigenvalue weighted by molar-refractivity contribution is 9.11. The van der Waals surface area contributed by atoms with Crippen LogP contribution < -0.4 is 10.6 Å². The lowest BCUT2D eigenvalue weighted by atomic mass is 10.2. The molecule has 20 heavy (non-hydrogen) atoms. The molecule has 0 saturated heterocycles. The molecule has 0 fully saturated rings. The molecule has 0 aliphatic carbocycles. The minimum Gasteiger partial charge on any atom is -0.325 e. The number of rotatable bonds is 5. The maximum Gasteiger partial charge on any atom is 0.238 e. The maximum atomic E-state index is 11.8. The van der Waals surface area contributed by atoms with E-state index in [2.05, 4.69) is 26.6 Å². The number of aryl methyl sites for hydroxylation is 1. The van der Waals surface area contributed by atoms with E-state index in [1.54, 1.807) is 23.5 Å². The molecule has 1 aromatic carbocycles. The van der Waals surface area contributed by atoms with Crippen molar-refractivity contribution in [1.29, 1.82) is 0 Å². The molecule has 2 aromatic rings. The zero-order valence-corrected chi connectivity index (χ0v) is 14.0. The van der Waals surface area contributed by atoms with Crippen molar-refractivity contribution in [3.8, 4) is 0 Å². The van der Waals surface area contributed by atoms with Gasteiger partial charge in [0.1, 0.15) is 0 Å². The fourth-order valence-corrected chi connectivity index (χ4v) is 3.29. The number of benzene rings is 1. The molecule has 3 nitrogen and oxygen atoms in total. The number of hydrogen-bond acceptors (Lipinski definition) is 3. The first-order valence-corrected chi connectivity index (χ1v) is 8.04. The smallest absolute Gasteiger partial charge is 0.238 e. The van der Waals surface area contributed by atoms with E-state index in [-0.39, 0.29) is 12.5 Å². The lowest BCUT2D eigenvalue weighted by Gasteiger charge is -2.09. The summed E-state index contributed by atoms with van der Waals surface area (Å²) >= 11 is 11.0. The molecular formula is C14H14BrClN2OS. The van der Waals surface area contributed by atoms with Crippen molar-refractivity contribution in [3.05, 3.63) is 49.6 Å². The SMILES string of the molecule is Cc1ccc(Cl)cc1NC(=O)CNCc1ccc(Br)s1. The van der Waals surface area contributed by atoms with Crippen molar-refractivity contribution in [1.82, 2.24) is 5.32 Å². The fourth-order valence-electron chi connectivity index (χ4n) is 1.67. The molecule has 0 aliphatic heterocycles. The molecule has 1 amide bonds. The van der Waals surface area contributed by atoms with Gasteiger partial charge in [-0.15, -0.1) is 11.3 Å². The molecule has 6 heteroatoms. The molecule has 2 rings (SSSR count). The third-order valence-electron chi connectivity index (χ3n) is 2.69. The van der Waals surface area contributed by atoms with Crippen LogP contribution in [0, 0.1) is 6.92 Å². The lowest BCUT2D eigenvalue weighted by Crippen LogP contribution is -2.27. The van der Waals surface area contributed by atoms with Gasteiger partial charge >= 0.3 is 0 Å². The minimum atomic E-state index is -0.0778. The van der Waals surface area contributed by atoms with Gasteiger partial charge in [-0.1, -0.05) is 17.7 Å². The number of anilines is 1. The van der Waals surface area contributed by atoms with E-state index in [0.29, 0.717) is 11.6 Å². The minimum absolute atomic E-state index is 0.0778. The van der Waals surface area contributed by atoms with Gasteiger partial charge in [0.05, 0.1) is 10.3 Å². The summed E-state index contributed by atoms with van der Waals surface area (Å²) in [5.41, 5.74) is 1.74. The predicted molar refractivity (Wildman–Crippen MR) is 88.5 cm³/mol. The third kappa shape index (κ3) is 4.59. The number of carbonyl (C=O) groups excluding carboxylic acids is 1. The molecule has 2 N–H and O–H groups in total. The van der Waals surface area contributed by atoms with E-state index in [1.807, 2.05) is 25.1 Å². The van der Waals surface area contributed by atoms with Crippen LogP contribution in [0.2, 0.25) is 5.02 Å². The summed E-state index contributed by atoms with van der Waals surface area (Å²) in [6.07, 6.45) is 0. The van der Waals surface area contributed by atoms with E-state index in [1.165, 1.54) is 4.88 Å². The van der Waals surface area contributed by atoms with E-state index >= 15 is 0 Å². The van der Waals surface area contributed by atoms with Gasteiger partial charge in [-0.3, -0.25) is 4.79 Å². The van der Waals surface area contributed by atoms with Crippen LogP contribution in [0.1, 0.15) is 10.4 Å². The van der Waals surface area contributed by atoms with Crippen LogP contribution in [0.25, 0.3) is 0 Å². The lowest BCUT2D eigenvalue weighted by molar-refractivity contribution is -0.115. The standard InChI is InChI=1S/C14H14BrClN2OS/c1-9-2-3-10(16)6-12(9)18-14(19)8-17-7-11-4-5-13(15)20-11/h2-6,17H,7-8H2,1H3,(H,18,19). The number of carbonyl (C=O) groups is 1. The average molecular weight is 374 g/mol. The number of halogens is 2. The molecule has 0 bridgehead atoms. The summed E-state index contributed by atoms with van der Waals surface area (Å²) in [6, 6.07) is 9.47. The molecule has 0 atom stereocenters. The second-order valence-corrected chi connectivity index (χ2v) is 7.30. The molecule has 1 heterocycles. The predicted octanol–water partition coefficient (Wildman–Crippen LogP) is 4.20. The maximum absolute atomic E-state index is 11.8. The Morgan fingerprint density at radius 2 is 2.15 bits per heavy atom. The van der Waals surface area contributed by atoms with Gasteiger partial charge in [-0.25, -0.2) is 0 Å². The van der Waals surface area contributed by atoms with Crippen molar-refractivity contribution in [2.24, 2.45) is 0 Å². The van der Waals surface area contributed by atoms with Crippen molar-refractivity contribution in [2.75, 3.05) is 11.9 Å². The highest BCUT2D eigenvalue weighted by Gasteiger charge is 2.05. The van der Waals surface area contributed by atoms with Gasteiger partial charge in [0.25, 0.3) is 0 Å². The Morgan fingerprint density at radius 3 is 2.85 bits per heavy atom. The highest BCUT2D eigenvalue weighted by Crippen LogP contribution is 2.22. The van der Waals surface area contributed by atoms with Crippen LogP contribution in [0.15, 0.2) is 34.1 Å². The second kappa shape index (κ2) is 7.22. The van der Waals surface area contributed by atoms with Crippen molar-refractivity contribution in [3.63, 3.8) is 0 Å². The molecule has 0 saturated carbocycles. The molecule has 106 valence electrons. The molecule has 0 spiro atoms. The second-order valence-electron chi connectivity index (χ2n) is 4.32. The summed E-state index contributed by atoms with van der Waals surface area (Å²) in [6.45, 7) is 2.88. The summed E-state index contributed by atoms with van der Waals surface area (Å²) in [4.78, 5) is 13.0. The molecule has 1 aromatic heterocycles. The Kier molecular flexibility index (Phi) is 5.60. The topological polar surface area (TPSA) is 41.1 Å². The van der Waals surface area contributed by atoms with Crippen molar-refractivity contribution >= 4 is 50.5 Å². The van der Waals surface area contributed by atoms with Crippen LogP contribution in [-0.2, 0) is 11.3 Å². The van der Waals surface area contributed by atoms with E-state index < -0.39 is 0 Å². The molecule has 0 aliphatic rings. The fraction of sp³-hybridized carbons (Fsp3) is 0.214. The third-order valence-corrected chi connectivity index (χ3v) is 4.55. The summed E-state index contributed by atoms with van der Waals surface area (Å²) in [7, 11) is 0. The number of nitrogens with one attached hydrogen (secondary N) is 2. The first-order chi connectivity index (χ1) is 9.54. The van der Waals surface area contributed by atoms with Crippen molar-refractivity contribution < 1.29 is 4.79 Å².